The second-order valence-corrected chi connectivity index (χ2v) is 5.79. The van der Waals surface area contributed by atoms with E-state index in [1.807, 2.05) is 37.3 Å². The van der Waals surface area contributed by atoms with E-state index in [9.17, 15) is 4.79 Å². The molecule has 3 rings (SSSR count). The molecule has 3 aromatic rings. The number of rotatable bonds is 4. The van der Waals surface area contributed by atoms with Gasteiger partial charge in [-0.2, -0.15) is 5.10 Å². The van der Waals surface area contributed by atoms with Crippen LogP contribution in [0.1, 0.15) is 5.69 Å². The largest absolute Gasteiger partial charge is 0.310 e. The lowest BCUT2D eigenvalue weighted by atomic mass is 10.2. The highest BCUT2D eigenvalue weighted by Gasteiger charge is 2.10. The van der Waals surface area contributed by atoms with Crippen molar-refractivity contribution in [2.24, 2.45) is 7.05 Å². The predicted molar refractivity (Wildman–Crippen MR) is 86.8 cm³/mol. The van der Waals surface area contributed by atoms with Crippen LogP contribution in [0.25, 0.3) is 10.9 Å². The first kappa shape index (κ1) is 14.5. The number of aromatic nitrogens is 4. The Bertz CT molecular complexity index is 824. The van der Waals surface area contributed by atoms with Crippen molar-refractivity contribution in [3.8, 4) is 0 Å². The highest BCUT2D eigenvalue weighted by Crippen LogP contribution is 2.24. The summed E-state index contributed by atoms with van der Waals surface area (Å²) in [4.78, 5) is 20.5. The normalized spacial score (nSPS) is 10.8. The van der Waals surface area contributed by atoms with Crippen LogP contribution in [0.3, 0.4) is 0 Å². The van der Waals surface area contributed by atoms with E-state index in [0.717, 1.165) is 21.6 Å². The molecule has 6 nitrogen and oxygen atoms in total. The molecule has 22 heavy (non-hydrogen) atoms. The lowest BCUT2D eigenvalue weighted by Gasteiger charge is -2.06. The van der Waals surface area contributed by atoms with E-state index in [2.05, 4.69) is 20.4 Å². The number of aryl methyl sites for hydroxylation is 2. The summed E-state index contributed by atoms with van der Waals surface area (Å²) in [5.41, 5.74) is 1.75. The van der Waals surface area contributed by atoms with Crippen LogP contribution in [0.5, 0.6) is 0 Å². The van der Waals surface area contributed by atoms with Crippen LogP contribution in [0, 0.1) is 6.92 Å². The Hall–Kier alpha value is -2.41. The minimum absolute atomic E-state index is 0.0873. The Labute approximate surface area is 132 Å². The lowest BCUT2D eigenvalue weighted by Crippen LogP contribution is -2.16. The third-order valence-electron chi connectivity index (χ3n) is 3.12. The van der Waals surface area contributed by atoms with Gasteiger partial charge in [0.05, 0.1) is 17.0 Å². The molecular formula is C15H15N5OS. The summed E-state index contributed by atoms with van der Waals surface area (Å²) in [6.45, 7) is 1.89. The van der Waals surface area contributed by atoms with Gasteiger partial charge in [0.1, 0.15) is 17.2 Å². The second kappa shape index (κ2) is 6.15. The molecule has 7 heteroatoms. The fourth-order valence-corrected chi connectivity index (χ4v) is 2.93. The maximum Gasteiger partial charge on any atom is 0.235 e. The van der Waals surface area contributed by atoms with Crippen LogP contribution in [0.15, 0.2) is 41.7 Å². The van der Waals surface area contributed by atoms with Crippen molar-refractivity contribution in [2.45, 2.75) is 11.9 Å². The number of benzene rings is 1. The third kappa shape index (κ3) is 3.09. The highest BCUT2D eigenvalue weighted by atomic mass is 32.2. The van der Waals surface area contributed by atoms with E-state index >= 15 is 0 Å². The van der Waals surface area contributed by atoms with Crippen LogP contribution in [-0.4, -0.2) is 31.4 Å². The molecule has 0 saturated carbocycles. The highest BCUT2D eigenvalue weighted by molar-refractivity contribution is 8.00. The number of nitrogens with zero attached hydrogens (tertiary/aromatic N) is 4. The first-order chi connectivity index (χ1) is 10.6. The van der Waals surface area contributed by atoms with Crippen molar-refractivity contribution in [3.63, 3.8) is 0 Å². The summed E-state index contributed by atoms with van der Waals surface area (Å²) in [6, 6.07) is 9.59. The first-order valence-corrected chi connectivity index (χ1v) is 7.75. The monoisotopic (exact) mass is 313 g/mol. The van der Waals surface area contributed by atoms with Gasteiger partial charge in [-0.05, 0) is 13.0 Å². The molecule has 2 aromatic heterocycles. The van der Waals surface area contributed by atoms with Gasteiger partial charge in [0.2, 0.25) is 5.91 Å². The molecule has 0 spiro atoms. The molecule has 0 radical (unpaired) electrons. The Kier molecular flexibility index (Phi) is 4.06. The number of hydrogen-bond donors (Lipinski definition) is 1. The minimum atomic E-state index is -0.0873. The zero-order chi connectivity index (χ0) is 15.5. The third-order valence-corrected chi connectivity index (χ3v) is 4.12. The quantitative estimate of drug-likeness (QED) is 0.591. The number of anilines is 1. The molecule has 0 atom stereocenters. The number of nitrogens with one attached hydrogen (secondary N) is 1. The zero-order valence-corrected chi connectivity index (χ0v) is 13.1. The van der Waals surface area contributed by atoms with Crippen molar-refractivity contribution >= 4 is 34.4 Å². The molecule has 0 aliphatic rings. The van der Waals surface area contributed by atoms with Crippen molar-refractivity contribution in [2.75, 3.05) is 11.1 Å². The molecule has 0 saturated heterocycles. The van der Waals surface area contributed by atoms with E-state index in [1.165, 1.54) is 18.1 Å². The van der Waals surface area contributed by atoms with E-state index < -0.39 is 0 Å². The number of fused-ring (bicyclic) bond motifs is 1. The number of thioether (sulfide) groups is 1. The molecule has 1 aromatic carbocycles. The van der Waals surface area contributed by atoms with Gasteiger partial charge in [-0.25, -0.2) is 9.97 Å². The average Bonchev–Trinajstić information content (AvgIpc) is 2.82. The molecular weight excluding hydrogens is 298 g/mol. The van der Waals surface area contributed by atoms with Gasteiger partial charge in [-0.15, -0.1) is 0 Å². The SMILES string of the molecule is Cc1cc(NC(=O)CSc2ncnc3ccccc23)n(C)n1. The van der Waals surface area contributed by atoms with Gasteiger partial charge >= 0.3 is 0 Å². The topological polar surface area (TPSA) is 72.7 Å². The number of para-hydroxylation sites is 1. The van der Waals surface area contributed by atoms with Crippen molar-refractivity contribution in [3.05, 3.63) is 42.4 Å². The molecule has 1 amide bonds. The van der Waals surface area contributed by atoms with Gasteiger partial charge in [-0.1, -0.05) is 30.0 Å². The van der Waals surface area contributed by atoms with Crippen LogP contribution < -0.4 is 5.32 Å². The Morgan fingerprint density at radius 3 is 2.91 bits per heavy atom. The number of amides is 1. The summed E-state index contributed by atoms with van der Waals surface area (Å²) in [7, 11) is 1.80. The zero-order valence-electron chi connectivity index (χ0n) is 12.3. The van der Waals surface area contributed by atoms with E-state index in [-0.39, 0.29) is 11.7 Å². The Balaban J connectivity index is 1.69. The smallest absolute Gasteiger partial charge is 0.235 e. The van der Waals surface area contributed by atoms with E-state index in [4.69, 9.17) is 0 Å². The maximum absolute atomic E-state index is 12.1. The van der Waals surface area contributed by atoms with Crippen molar-refractivity contribution in [1.82, 2.24) is 19.7 Å². The lowest BCUT2D eigenvalue weighted by molar-refractivity contribution is -0.113. The van der Waals surface area contributed by atoms with Gasteiger partial charge in [0.15, 0.2) is 0 Å². The van der Waals surface area contributed by atoms with Crippen LogP contribution in [0.2, 0.25) is 0 Å². The maximum atomic E-state index is 12.1. The molecule has 0 unspecified atom stereocenters. The summed E-state index contributed by atoms with van der Waals surface area (Å²) < 4.78 is 1.65. The van der Waals surface area contributed by atoms with Gasteiger partial charge in [0.25, 0.3) is 0 Å². The average molecular weight is 313 g/mol. The Morgan fingerprint density at radius 2 is 2.14 bits per heavy atom. The number of carbonyl (C=O) groups excluding carboxylic acids is 1. The molecule has 0 bridgehead atoms. The molecule has 0 aliphatic heterocycles. The van der Waals surface area contributed by atoms with Crippen LogP contribution in [-0.2, 0) is 11.8 Å². The Morgan fingerprint density at radius 1 is 1.32 bits per heavy atom. The predicted octanol–water partition coefficient (Wildman–Crippen LogP) is 2.40. The van der Waals surface area contributed by atoms with E-state index in [1.54, 1.807) is 11.7 Å². The van der Waals surface area contributed by atoms with Crippen LogP contribution in [0.4, 0.5) is 5.82 Å². The fourth-order valence-electron chi connectivity index (χ4n) is 2.14. The van der Waals surface area contributed by atoms with Crippen LogP contribution >= 0.6 is 11.8 Å². The van der Waals surface area contributed by atoms with Gasteiger partial charge in [-0.3, -0.25) is 9.48 Å². The van der Waals surface area contributed by atoms with Crippen molar-refractivity contribution < 1.29 is 4.79 Å². The fraction of sp³-hybridized carbons (Fsp3) is 0.200. The summed E-state index contributed by atoms with van der Waals surface area (Å²) in [5.74, 6) is 0.886. The second-order valence-electron chi connectivity index (χ2n) is 4.83. The number of carbonyl (C=O) groups is 1. The summed E-state index contributed by atoms with van der Waals surface area (Å²) in [5, 5.41) is 8.81. The summed E-state index contributed by atoms with van der Waals surface area (Å²) in [6.07, 6.45) is 1.52. The molecule has 0 fully saturated rings. The van der Waals surface area contributed by atoms with E-state index in [0.29, 0.717) is 5.82 Å². The molecule has 0 aliphatic carbocycles. The van der Waals surface area contributed by atoms with Gasteiger partial charge < -0.3 is 5.32 Å². The minimum Gasteiger partial charge on any atom is -0.310 e. The van der Waals surface area contributed by atoms with Gasteiger partial charge in [0, 0.05) is 18.5 Å². The summed E-state index contributed by atoms with van der Waals surface area (Å²) >= 11 is 1.40. The molecule has 112 valence electrons. The standard InChI is InChI=1S/C15H15N5OS/c1-10-7-13(20(2)19-10)18-14(21)8-22-15-11-5-3-4-6-12(11)16-9-17-15/h3-7,9H,8H2,1-2H3,(H,18,21). The molecule has 2 heterocycles. The van der Waals surface area contributed by atoms with Crippen molar-refractivity contribution in [1.29, 1.82) is 0 Å². The number of hydrogen-bond acceptors (Lipinski definition) is 5. The first-order valence-electron chi connectivity index (χ1n) is 6.76. The molecule has 1 N–H and O–H groups in total.